The number of benzene rings is 1. The first-order valence-electron chi connectivity index (χ1n) is 7.65. The number of halogens is 1. The maximum absolute atomic E-state index is 11.9. The molecular weight excluding hydrogens is 372 g/mol. The monoisotopic (exact) mass is 392 g/mol. The molecule has 0 radical (unpaired) electrons. The van der Waals surface area contributed by atoms with Crippen LogP contribution in [0.4, 0.5) is 5.82 Å². The van der Waals surface area contributed by atoms with Gasteiger partial charge in [0.2, 0.25) is 5.91 Å². The van der Waals surface area contributed by atoms with Crippen molar-refractivity contribution in [2.75, 3.05) is 11.9 Å². The van der Waals surface area contributed by atoms with Crippen molar-refractivity contribution < 1.29 is 9.59 Å². The number of H-pyrrole nitrogens is 1. The molecule has 3 N–H and O–H groups in total. The molecule has 128 valence electrons. The average molecular weight is 393 g/mol. The third-order valence-electron chi connectivity index (χ3n) is 3.40. The summed E-state index contributed by atoms with van der Waals surface area (Å²) in [6, 6.07) is 8.85. The van der Waals surface area contributed by atoms with Gasteiger partial charge >= 0.3 is 0 Å². The number of aromatic nitrogens is 2. The molecular formula is C17H21BrN4O2. The summed E-state index contributed by atoms with van der Waals surface area (Å²) in [6.07, 6.45) is 0.181. The van der Waals surface area contributed by atoms with Crippen molar-refractivity contribution in [2.24, 2.45) is 0 Å². The number of carbonyl (C=O) groups excluding carboxylic acids is 2. The van der Waals surface area contributed by atoms with Gasteiger partial charge in [-0.1, -0.05) is 36.7 Å². The highest BCUT2D eigenvalue weighted by Gasteiger charge is 2.17. The fraction of sp³-hybridized carbons (Fsp3) is 0.353. The quantitative estimate of drug-likeness (QED) is 0.729. The average Bonchev–Trinajstić information content (AvgIpc) is 2.96. The Balaban J connectivity index is 1.78. The summed E-state index contributed by atoms with van der Waals surface area (Å²) in [7, 11) is 0. The van der Waals surface area contributed by atoms with Crippen LogP contribution in [0.3, 0.4) is 0 Å². The molecule has 0 atom stereocenters. The van der Waals surface area contributed by atoms with E-state index < -0.39 is 0 Å². The Morgan fingerprint density at radius 2 is 1.88 bits per heavy atom. The lowest BCUT2D eigenvalue weighted by Gasteiger charge is -2.14. The molecule has 1 aromatic carbocycles. The third kappa shape index (κ3) is 5.19. The molecule has 0 saturated carbocycles. The predicted octanol–water partition coefficient (Wildman–Crippen LogP) is 3.23. The van der Waals surface area contributed by atoms with Gasteiger partial charge in [-0.05, 0) is 24.3 Å². The zero-order valence-electron chi connectivity index (χ0n) is 13.9. The summed E-state index contributed by atoms with van der Waals surface area (Å²) >= 11 is 3.32. The van der Waals surface area contributed by atoms with E-state index in [0.29, 0.717) is 11.4 Å². The van der Waals surface area contributed by atoms with Crippen molar-refractivity contribution in [3.05, 3.63) is 46.1 Å². The minimum absolute atomic E-state index is 0.0609. The lowest BCUT2D eigenvalue weighted by atomic mass is 9.92. The number of hydrogen-bond acceptors (Lipinski definition) is 3. The van der Waals surface area contributed by atoms with Gasteiger partial charge in [0.05, 0.1) is 0 Å². The van der Waals surface area contributed by atoms with Gasteiger partial charge in [-0.25, -0.2) is 0 Å². The first-order valence-corrected chi connectivity index (χ1v) is 8.44. The van der Waals surface area contributed by atoms with Crippen molar-refractivity contribution in [1.29, 1.82) is 0 Å². The molecule has 0 aliphatic carbocycles. The molecule has 6 nitrogen and oxygen atoms in total. The van der Waals surface area contributed by atoms with Gasteiger partial charge < -0.3 is 10.6 Å². The number of carbonyl (C=O) groups is 2. The first-order chi connectivity index (χ1) is 11.3. The largest absolute Gasteiger partial charge is 0.352 e. The summed E-state index contributed by atoms with van der Waals surface area (Å²) in [5, 5.41) is 12.4. The Bertz CT molecular complexity index is 717. The van der Waals surface area contributed by atoms with E-state index in [1.54, 1.807) is 24.3 Å². The van der Waals surface area contributed by atoms with E-state index in [1.165, 1.54) is 0 Å². The zero-order chi connectivity index (χ0) is 17.7. The Kier molecular flexibility index (Phi) is 5.77. The lowest BCUT2D eigenvalue weighted by molar-refractivity contribution is -0.116. The van der Waals surface area contributed by atoms with E-state index in [-0.39, 0.29) is 30.2 Å². The maximum atomic E-state index is 11.9. The number of anilines is 1. The Labute approximate surface area is 149 Å². The van der Waals surface area contributed by atoms with Crippen molar-refractivity contribution in [3.8, 4) is 0 Å². The van der Waals surface area contributed by atoms with E-state index >= 15 is 0 Å². The molecule has 2 amide bonds. The fourth-order valence-corrected chi connectivity index (χ4v) is 2.23. The van der Waals surface area contributed by atoms with Crippen LogP contribution in [0.15, 0.2) is 34.8 Å². The summed E-state index contributed by atoms with van der Waals surface area (Å²) in [5.41, 5.74) is 1.44. The van der Waals surface area contributed by atoms with Crippen molar-refractivity contribution in [1.82, 2.24) is 15.5 Å². The molecule has 1 heterocycles. The number of rotatable bonds is 5. The maximum Gasteiger partial charge on any atom is 0.251 e. The molecule has 0 aliphatic heterocycles. The van der Waals surface area contributed by atoms with E-state index in [2.05, 4.69) is 57.5 Å². The molecule has 0 aliphatic rings. The molecule has 2 rings (SSSR count). The van der Waals surface area contributed by atoms with Crippen LogP contribution in [0.2, 0.25) is 0 Å². The zero-order valence-corrected chi connectivity index (χ0v) is 15.5. The first kappa shape index (κ1) is 18.2. The van der Waals surface area contributed by atoms with Crippen LogP contribution in [0.5, 0.6) is 0 Å². The fourth-order valence-electron chi connectivity index (χ4n) is 1.97. The molecule has 7 heteroatoms. The molecule has 0 unspecified atom stereocenters. The molecule has 0 saturated heterocycles. The molecule has 2 aromatic rings. The molecule has 0 fully saturated rings. The predicted molar refractivity (Wildman–Crippen MR) is 97.0 cm³/mol. The highest BCUT2D eigenvalue weighted by atomic mass is 79.9. The molecule has 0 bridgehead atoms. The highest BCUT2D eigenvalue weighted by molar-refractivity contribution is 9.10. The van der Waals surface area contributed by atoms with E-state index in [0.717, 1.165) is 10.2 Å². The minimum Gasteiger partial charge on any atom is -0.352 e. The van der Waals surface area contributed by atoms with E-state index in [1.807, 2.05) is 6.07 Å². The smallest absolute Gasteiger partial charge is 0.251 e. The van der Waals surface area contributed by atoms with Crippen LogP contribution < -0.4 is 10.6 Å². The normalized spacial score (nSPS) is 11.2. The van der Waals surface area contributed by atoms with Gasteiger partial charge in [-0.3, -0.25) is 14.7 Å². The second kappa shape index (κ2) is 7.61. The Hall–Kier alpha value is -2.15. The summed E-state index contributed by atoms with van der Waals surface area (Å²) in [6.45, 7) is 6.44. The van der Waals surface area contributed by atoms with Crippen LogP contribution in [0, 0.1) is 0 Å². The van der Waals surface area contributed by atoms with E-state index in [4.69, 9.17) is 0 Å². The second-order valence-electron chi connectivity index (χ2n) is 6.48. The molecule has 24 heavy (non-hydrogen) atoms. The standard InChI is InChI=1S/C17H21BrN4O2/c1-17(2,3)13-10-14(22-21-13)20-15(23)8-9-19-16(24)11-4-6-12(18)7-5-11/h4-7,10H,8-9H2,1-3H3,(H,19,24)(H2,20,21,22,23). The SMILES string of the molecule is CC(C)(C)c1cc(NC(=O)CCNC(=O)c2ccc(Br)cc2)n[nH]1. The molecule has 1 aromatic heterocycles. The number of nitrogens with one attached hydrogen (secondary N) is 3. The molecule has 0 spiro atoms. The second-order valence-corrected chi connectivity index (χ2v) is 7.39. The summed E-state index contributed by atoms with van der Waals surface area (Å²) < 4.78 is 0.909. The van der Waals surface area contributed by atoms with Gasteiger partial charge in [-0.2, -0.15) is 5.10 Å². The lowest BCUT2D eigenvalue weighted by Crippen LogP contribution is -2.27. The van der Waals surface area contributed by atoms with Crippen molar-refractivity contribution >= 4 is 33.6 Å². The van der Waals surface area contributed by atoms with Crippen LogP contribution in [0.25, 0.3) is 0 Å². The van der Waals surface area contributed by atoms with Crippen molar-refractivity contribution in [2.45, 2.75) is 32.6 Å². The summed E-state index contributed by atoms with van der Waals surface area (Å²) in [4.78, 5) is 23.8. The van der Waals surface area contributed by atoms with Crippen LogP contribution in [-0.2, 0) is 10.2 Å². The van der Waals surface area contributed by atoms with Gasteiger partial charge in [-0.15, -0.1) is 0 Å². The van der Waals surface area contributed by atoms with Gasteiger partial charge in [0, 0.05) is 40.2 Å². The van der Waals surface area contributed by atoms with Gasteiger partial charge in [0.15, 0.2) is 5.82 Å². The van der Waals surface area contributed by atoms with E-state index in [9.17, 15) is 9.59 Å². The van der Waals surface area contributed by atoms with Crippen molar-refractivity contribution in [3.63, 3.8) is 0 Å². The van der Waals surface area contributed by atoms with Crippen LogP contribution in [-0.4, -0.2) is 28.6 Å². The minimum atomic E-state index is -0.204. The van der Waals surface area contributed by atoms with Gasteiger partial charge in [0.25, 0.3) is 5.91 Å². The number of amides is 2. The Morgan fingerprint density at radius 1 is 1.21 bits per heavy atom. The van der Waals surface area contributed by atoms with Crippen LogP contribution >= 0.6 is 15.9 Å². The number of nitrogens with zero attached hydrogens (tertiary/aromatic N) is 1. The summed E-state index contributed by atoms with van der Waals surface area (Å²) in [5.74, 6) is 0.0901. The topological polar surface area (TPSA) is 86.9 Å². The Morgan fingerprint density at radius 3 is 2.46 bits per heavy atom. The third-order valence-corrected chi connectivity index (χ3v) is 3.93. The highest BCUT2D eigenvalue weighted by Crippen LogP contribution is 2.21. The number of aromatic amines is 1. The van der Waals surface area contributed by atoms with Gasteiger partial charge in [0.1, 0.15) is 0 Å². The number of hydrogen-bond donors (Lipinski definition) is 3. The van der Waals surface area contributed by atoms with Crippen LogP contribution in [0.1, 0.15) is 43.2 Å².